The highest BCUT2D eigenvalue weighted by atomic mass is 32.1. The van der Waals surface area contributed by atoms with Gasteiger partial charge in [-0.3, -0.25) is 9.59 Å². The van der Waals surface area contributed by atoms with Crippen LogP contribution >= 0.6 is 11.3 Å². The van der Waals surface area contributed by atoms with Crippen LogP contribution in [0.2, 0.25) is 0 Å². The number of aromatic nitrogens is 1. The van der Waals surface area contributed by atoms with Gasteiger partial charge in [-0.25, -0.2) is 4.98 Å². The van der Waals surface area contributed by atoms with E-state index in [4.69, 9.17) is 4.42 Å². The van der Waals surface area contributed by atoms with Crippen LogP contribution in [-0.2, 0) is 17.8 Å². The average molecular weight is 319 g/mol. The van der Waals surface area contributed by atoms with E-state index in [1.807, 2.05) is 6.92 Å². The molecular weight excluding hydrogens is 302 g/mol. The number of carbonyl (C=O) groups is 2. The lowest BCUT2D eigenvalue weighted by molar-refractivity contribution is -0.114. The molecule has 0 radical (unpaired) electrons. The minimum absolute atomic E-state index is 0.0190. The SMILES string of the molecule is CC(=O)Nc1nc2c(s1)CN(C(=O)c1cc(C)oc1C)CC2. The Morgan fingerprint density at radius 1 is 1.41 bits per heavy atom. The van der Waals surface area contributed by atoms with E-state index in [2.05, 4.69) is 10.3 Å². The van der Waals surface area contributed by atoms with Gasteiger partial charge in [-0.1, -0.05) is 11.3 Å². The van der Waals surface area contributed by atoms with Crippen molar-refractivity contribution in [1.82, 2.24) is 9.88 Å². The molecule has 0 spiro atoms. The van der Waals surface area contributed by atoms with Gasteiger partial charge in [-0.15, -0.1) is 0 Å². The Morgan fingerprint density at radius 2 is 2.18 bits per heavy atom. The first-order chi connectivity index (χ1) is 10.4. The summed E-state index contributed by atoms with van der Waals surface area (Å²) >= 11 is 1.43. The highest BCUT2D eigenvalue weighted by Crippen LogP contribution is 2.29. The molecule has 2 aromatic heterocycles. The zero-order chi connectivity index (χ0) is 15.9. The van der Waals surface area contributed by atoms with E-state index in [9.17, 15) is 9.59 Å². The molecule has 6 nitrogen and oxygen atoms in total. The lowest BCUT2D eigenvalue weighted by Gasteiger charge is -2.25. The van der Waals surface area contributed by atoms with Gasteiger partial charge in [0.05, 0.1) is 17.8 Å². The van der Waals surface area contributed by atoms with E-state index < -0.39 is 0 Å². The van der Waals surface area contributed by atoms with Crippen LogP contribution in [0.25, 0.3) is 0 Å². The first-order valence-electron chi connectivity index (χ1n) is 7.06. The van der Waals surface area contributed by atoms with E-state index in [1.165, 1.54) is 18.3 Å². The second-order valence-electron chi connectivity index (χ2n) is 5.37. The van der Waals surface area contributed by atoms with E-state index in [0.717, 1.165) is 16.3 Å². The third-order valence-electron chi connectivity index (χ3n) is 3.57. The van der Waals surface area contributed by atoms with Crippen LogP contribution in [0.1, 0.15) is 39.4 Å². The Labute approximate surface area is 132 Å². The van der Waals surface area contributed by atoms with Gasteiger partial charge < -0.3 is 14.6 Å². The Morgan fingerprint density at radius 3 is 2.82 bits per heavy atom. The van der Waals surface area contributed by atoms with Gasteiger partial charge in [-0.2, -0.15) is 0 Å². The average Bonchev–Trinajstić information content (AvgIpc) is 2.98. The summed E-state index contributed by atoms with van der Waals surface area (Å²) in [5.41, 5.74) is 1.59. The molecule has 0 aromatic carbocycles. The third-order valence-corrected chi connectivity index (χ3v) is 4.57. The number of rotatable bonds is 2. The van der Waals surface area contributed by atoms with Crippen molar-refractivity contribution in [1.29, 1.82) is 0 Å². The van der Waals surface area contributed by atoms with Gasteiger partial charge in [0.15, 0.2) is 5.13 Å². The Bertz CT molecular complexity index is 747. The molecule has 0 bridgehead atoms. The molecule has 1 aliphatic rings. The zero-order valence-electron chi connectivity index (χ0n) is 12.7. The number of nitrogens with one attached hydrogen (secondary N) is 1. The molecule has 0 saturated carbocycles. The summed E-state index contributed by atoms with van der Waals surface area (Å²) in [5, 5.41) is 3.30. The number of furan rings is 1. The minimum atomic E-state index is -0.136. The van der Waals surface area contributed by atoms with Gasteiger partial charge in [-0.05, 0) is 19.9 Å². The molecule has 0 atom stereocenters. The molecule has 1 N–H and O–H groups in total. The van der Waals surface area contributed by atoms with Crippen molar-refractivity contribution in [2.45, 2.75) is 33.7 Å². The number of carbonyl (C=O) groups excluding carboxylic acids is 2. The summed E-state index contributed by atoms with van der Waals surface area (Å²) in [4.78, 5) is 31.0. The van der Waals surface area contributed by atoms with E-state index in [-0.39, 0.29) is 11.8 Å². The van der Waals surface area contributed by atoms with Crippen LogP contribution in [-0.4, -0.2) is 28.2 Å². The minimum Gasteiger partial charge on any atom is -0.466 e. The maximum Gasteiger partial charge on any atom is 0.257 e. The van der Waals surface area contributed by atoms with Crippen LogP contribution in [0.15, 0.2) is 10.5 Å². The largest absolute Gasteiger partial charge is 0.466 e. The number of anilines is 1. The van der Waals surface area contributed by atoms with Crippen LogP contribution in [0.4, 0.5) is 5.13 Å². The predicted octanol–water partition coefficient (Wildman–Crippen LogP) is 2.51. The second-order valence-corrected chi connectivity index (χ2v) is 6.46. The number of aryl methyl sites for hydroxylation is 2. The summed E-state index contributed by atoms with van der Waals surface area (Å²) in [6.07, 6.45) is 0.701. The molecule has 116 valence electrons. The highest BCUT2D eigenvalue weighted by Gasteiger charge is 2.27. The number of hydrogen-bond donors (Lipinski definition) is 1. The molecule has 3 rings (SSSR count). The molecular formula is C15H17N3O3S. The predicted molar refractivity (Wildman–Crippen MR) is 83.0 cm³/mol. The number of nitrogens with zero attached hydrogens (tertiary/aromatic N) is 2. The smallest absolute Gasteiger partial charge is 0.257 e. The fourth-order valence-corrected chi connectivity index (χ4v) is 3.66. The van der Waals surface area contributed by atoms with Crippen LogP contribution in [0.3, 0.4) is 0 Å². The molecule has 0 saturated heterocycles. The van der Waals surface area contributed by atoms with Gasteiger partial charge in [0.25, 0.3) is 5.91 Å². The van der Waals surface area contributed by atoms with Crippen LogP contribution in [0.5, 0.6) is 0 Å². The number of thiazole rings is 1. The van der Waals surface area contributed by atoms with Crippen molar-refractivity contribution in [3.63, 3.8) is 0 Å². The van der Waals surface area contributed by atoms with Gasteiger partial charge in [0.2, 0.25) is 5.91 Å². The fourth-order valence-electron chi connectivity index (χ4n) is 2.59. The third kappa shape index (κ3) is 2.76. The second kappa shape index (κ2) is 5.57. The van der Waals surface area contributed by atoms with Gasteiger partial charge >= 0.3 is 0 Å². The number of hydrogen-bond acceptors (Lipinski definition) is 5. The van der Waals surface area contributed by atoms with Crippen LogP contribution in [0, 0.1) is 13.8 Å². The standard InChI is InChI=1S/C15H17N3O3S/c1-8-6-11(9(2)21-8)14(20)18-5-4-12-13(7-18)22-15(17-12)16-10(3)19/h6H,4-5,7H2,1-3H3,(H,16,17,19). The number of fused-ring (bicyclic) bond motifs is 1. The number of amides is 2. The Kier molecular flexibility index (Phi) is 3.74. The Balaban J connectivity index is 1.79. The molecule has 3 heterocycles. The fraction of sp³-hybridized carbons (Fsp3) is 0.400. The van der Waals surface area contributed by atoms with Crippen molar-refractivity contribution in [3.8, 4) is 0 Å². The molecule has 0 aliphatic carbocycles. The quantitative estimate of drug-likeness (QED) is 0.923. The first kappa shape index (κ1) is 14.8. The lowest BCUT2D eigenvalue weighted by atomic mass is 10.1. The zero-order valence-corrected chi connectivity index (χ0v) is 13.5. The molecule has 1 aliphatic heterocycles. The molecule has 7 heteroatoms. The summed E-state index contributed by atoms with van der Waals surface area (Å²) in [5.74, 6) is 1.24. The summed E-state index contributed by atoms with van der Waals surface area (Å²) in [6.45, 7) is 6.24. The van der Waals surface area contributed by atoms with Crippen molar-refractivity contribution >= 4 is 28.3 Å². The molecule has 2 amide bonds. The topological polar surface area (TPSA) is 75.4 Å². The van der Waals surface area contributed by atoms with Crippen molar-refractivity contribution in [2.24, 2.45) is 0 Å². The van der Waals surface area contributed by atoms with Crippen molar-refractivity contribution in [2.75, 3.05) is 11.9 Å². The summed E-state index contributed by atoms with van der Waals surface area (Å²) in [7, 11) is 0. The molecule has 0 fully saturated rings. The summed E-state index contributed by atoms with van der Waals surface area (Å²) < 4.78 is 5.44. The molecule has 2 aromatic rings. The van der Waals surface area contributed by atoms with E-state index >= 15 is 0 Å². The normalized spacial score (nSPS) is 13.9. The molecule has 0 unspecified atom stereocenters. The van der Waals surface area contributed by atoms with E-state index in [0.29, 0.717) is 36.0 Å². The first-order valence-corrected chi connectivity index (χ1v) is 7.88. The lowest BCUT2D eigenvalue weighted by Crippen LogP contribution is -2.35. The monoisotopic (exact) mass is 319 g/mol. The summed E-state index contributed by atoms with van der Waals surface area (Å²) in [6, 6.07) is 1.78. The highest BCUT2D eigenvalue weighted by molar-refractivity contribution is 7.15. The van der Waals surface area contributed by atoms with Crippen molar-refractivity contribution in [3.05, 3.63) is 33.7 Å². The Hall–Kier alpha value is -2.15. The van der Waals surface area contributed by atoms with Crippen molar-refractivity contribution < 1.29 is 14.0 Å². The molecule has 22 heavy (non-hydrogen) atoms. The van der Waals surface area contributed by atoms with Crippen LogP contribution < -0.4 is 5.32 Å². The maximum atomic E-state index is 12.6. The van der Waals surface area contributed by atoms with E-state index in [1.54, 1.807) is 17.9 Å². The maximum absolute atomic E-state index is 12.6. The van der Waals surface area contributed by atoms with Gasteiger partial charge in [0, 0.05) is 24.8 Å². The van der Waals surface area contributed by atoms with Gasteiger partial charge in [0.1, 0.15) is 11.5 Å².